The third-order valence-electron chi connectivity index (χ3n) is 4.57. The van der Waals surface area contributed by atoms with Crippen LogP contribution in [0.2, 0.25) is 0 Å². The Morgan fingerprint density at radius 2 is 2.07 bits per heavy atom. The molecule has 7 nitrogen and oxygen atoms in total. The fourth-order valence-electron chi connectivity index (χ4n) is 3.08. The topological polar surface area (TPSA) is 84.8 Å². The van der Waals surface area contributed by atoms with E-state index in [0.29, 0.717) is 30.2 Å². The SMILES string of the molecule is COc1ccccc1-c1cc(C(=O)NCCn2nc(-c3cccs3)cc2C)[nH]n1. The average molecular weight is 407 g/mol. The van der Waals surface area contributed by atoms with Crippen LogP contribution in [0, 0.1) is 6.92 Å². The van der Waals surface area contributed by atoms with Crippen LogP contribution >= 0.6 is 11.3 Å². The summed E-state index contributed by atoms with van der Waals surface area (Å²) in [4.78, 5) is 13.6. The number of rotatable bonds is 7. The molecule has 0 aliphatic rings. The van der Waals surface area contributed by atoms with Crippen molar-refractivity contribution < 1.29 is 9.53 Å². The van der Waals surface area contributed by atoms with E-state index in [0.717, 1.165) is 21.8 Å². The van der Waals surface area contributed by atoms with Gasteiger partial charge in [-0.1, -0.05) is 18.2 Å². The van der Waals surface area contributed by atoms with E-state index in [1.807, 2.05) is 47.3 Å². The number of benzene rings is 1. The number of aryl methyl sites for hydroxylation is 1. The first-order chi connectivity index (χ1) is 14.2. The molecule has 4 aromatic rings. The summed E-state index contributed by atoms with van der Waals surface area (Å²) in [5.74, 6) is 0.503. The number of ether oxygens (including phenoxy) is 1. The van der Waals surface area contributed by atoms with Crippen LogP contribution in [-0.4, -0.2) is 39.5 Å². The minimum absolute atomic E-state index is 0.207. The second kappa shape index (κ2) is 8.32. The summed E-state index contributed by atoms with van der Waals surface area (Å²) in [5.41, 5.74) is 3.92. The molecule has 1 aromatic carbocycles. The normalized spacial score (nSPS) is 10.8. The standard InChI is InChI=1S/C21H21N5O2S/c1-14-12-17(20-8-5-11-29-20)25-26(14)10-9-22-21(27)18-13-16(23-24-18)15-6-3-4-7-19(15)28-2/h3-8,11-13H,9-10H2,1-2H3,(H,22,27)(H,23,24). The second-order valence-electron chi connectivity index (χ2n) is 6.49. The largest absolute Gasteiger partial charge is 0.496 e. The fourth-order valence-corrected chi connectivity index (χ4v) is 3.77. The molecule has 3 heterocycles. The van der Waals surface area contributed by atoms with Gasteiger partial charge in [0.1, 0.15) is 17.1 Å². The third kappa shape index (κ3) is 4.07. The van der Waals surface area contributed by atoms with Gasteiger partial charge in [-0.3, -0.25) is 14.6 Å². The van der Waals surface area contributed by atoms with Gasteiger partial charge in [-0.15, -0.1) is 11.3 Å². The van der Waals surface area contributed by atoms with Crippen LogP contribution in [0.25, 0.3) is 21.8 Å². The van der Waals surface area contributed by atoms with Crippen molar-refractivity contribution in [1.29, 1.82) is 0 Å². The van der Waals surface area contributed by atoms with Crippen molar-refractivity contribution in [3.05, 3.63) is 65.3 Å². The highest BCUT2D eigenvalue weighted by molar-refractivity contribution is 7.13. The van der Waals surface area contributed by atoms with Gasteiger partial charge < -0.3 is 10.1 Å². The molecule has 0 aliphatic carbocycles. The number of amides is 1. The number of hydrogen-bond acceptors (Lipinski definition) is 5. The molecule has 0 atom stereocenters. The van der Waals surface area contributed by atoms with Crippen LogP contribution in [0.15, 0.2) is 53.9 Å². The molecule has 0 spiro atoms. The number of hydrogen-bond donors (Lipinski definition) is 2. The Labute approximate surface area is 172 Å². The first-order valence-electron chi connectivity index (χ1n) is 9.21. The number of nitrogens with zero attached hydrogens (tertiary/aromatic N) is 3. The molecule has 0 saturated heterocycles. The van der Waals surface area contributed by atoms with Gasteiger partial charge in [-0.05, 0) is 42.6 Å². The second-order valence-corrected chi connectivity index (χ2v) is 7.44. The zero-order valence-corrected chi connectivity index (χ0v) is 17.0. The van der Waals surface area contributed by atoms with E-state index in [2.05, 4.69) is 32.7 Å². The molecule has 148 valence electrons. The Balaban J connectivity index is 1.38. The lowest BCUT2D eigenvalue weighted by Gasteiger charge is -2.06. The van der Waals surface area contributed by atoms with Crippen molar-refractivity contribution in [2.45, 2.75) is 13.5 Å². The average Bonchev–Trinajstić information content (AvgIpc) is 3.49. The molecule has 8 heteroatoms. The maximum Gasteiger partial charge on any atom is 0.269 e. The summed E-state index contributed by atoms with van der Waals surface area (Å²) < 4.78 is 7.27. The van der Waals surface area contributed by atoms with E-state index in [9.17, 15) is 4.79 Å². The number of carbonyl (C=O) groups excluding carboxylic acids is 1. The summed E-state index contributed by atoms with van der Waals surface area (Å²) >= 11 is 1.66. The first kappa shape index (κ1) is 18.9. The van der Waals surface area contributed by atoms with Crippen molar-refractivity contribution in [1.82, 2.24) is 25.3 Å². The number of H-pyrrole nitrogens is 1. The van der Waals surface area contributed by atoms with E-state index in [4.69, 9.17) is 4.74 Å². The van der Waals surface area contributed by atoms with Crippen LogP contribution in [0.4, 0.5) is 0 Å². The molecule has 0 fully saturated rings. The van der Waals surface area contributed by atoms with Crippen LogP contribution in [-0.2, 0) is 6.54 Å². The third-order valence-corrected chi connectivity index (χ3v) is 5.46. The molecule has 3 aromatic heterocycles. The molecule has 0 unspecified atom stereocenters. The highest BCUT2D eigenvalue weighted by Crippen LogP contribution is 2.28. The molecule has 0 radical (unpaired) electrons. The van der Waals surface area contributed by atoms with Crippen molar-refractivity contribution >= 4 is 17.2 Å². The van der Waals surface area contributed by atoms with Crippen LogP contribution in [0.5, 0.6) is 5.75 Å². The number of para-hydroxylation sites is 1. The Kier molecular flexibility index (Phi) is 5.44. The summed E-state index contributed by atoms with van der Waals surface area (Å²) in [6.07, 6.45) is 0. The number of thiophene rings is 1. The first-order valence-corrected chi connectivity index (χ1v) is 10.1. The lowest BCUT2D eigenvalue weighted by Crippen LogP contribution is -2.28. The molecule has 1 amide bonds. The van der Waals surface area contributed by atoms with E-state index in [1.54, 1.807) is 24.5 Å². The maximum atomic E-state index is 12.5. The van der Waals surface area contributed by atoms with Gasteiger partial charge in [0.25, 0.3) is 5.91 Å². The van der Waals surface area contributed by atoms with Crippen molar-refractivity contribution in [3.63, 3.8) is 0 Å². The fraction of sp³-hybridized carbons (Fsp3) is 0.190. The minimum Gasteiger partial charge on any atom is -0.496 e. The van der Waals surface area contributed by atoms with E-state index < -0.39 is 0 Å². The summed E-state index contributed by atoms with van der Waals surface area (Å²) in [6.45, 7) is 3.07. The molecule has 29 heavy (non-hydrogen) atoms. The van der Waals surface area contributed by atoms with Crippen LogP contribution in [0.1, 0.15) is 16.2 Å². The summed E-state index contributed by atoms with van der Waals surface area (Å²) in [5, 5.41) is 16.6. The van der Waals surface area contributed by atoms with Gasteiger partial charge in [0.2, 0.25) is 0 Å². The Morgan fingerprint density at radius 1 is 1.21 bits per heavy atom. The molecule has 0 saturated carbocycles. The van der Waals surface area contributed by atoms with Crippen molar-refractivity contribution in [3.8, 4) is 27.6 Å². The Bertz CT molecular complexity index is 1110. The highest BCUT2D eigenvalue weighted by atomic mass is 32.1. The molecule has 0 bridgehead atoms. The lowest BCUT2D eigenvalue weighted by molar-refractivity contribution is 0.0947. The van der Waals surface area contributed by atoms with Gasteiger partial charge in [0.05, 0.1) is 24.2 Å². The molecular formula is C21H21N5O2S. The van der Waals surface area contributed by atoms with E-state index in [1.165, 1.54) is 0 Å². The van der Waals surface area contributed by atoms with E-state index in [-0.39, 0.29) is 5.91 Å². The zero-order chi connectivity index (χ0) is 20.2. The molecule has 4 rings (SSSR count). The smallest absolute Gasteiger partial charge is 0.269 e. The number of aromatic amines is 1. The maximum absolute atomic E-state index is 12.5. The van der Waals surface area contributed by atoms with Gasteiger partial charge in [0.15, 0.2) is 0 Å². The molecule has 0 aliphatic heterocycles. The van der Waals surface area contributed by atoms with Gasteiger partial charge in [0, 0.05) is 17.8 Å². The summed E-state index contributed by atoms with van der Waals surface area (Å²) in [7, 11) is 1.61. The van der Waals surface area contributed by atoms with Gasteiger partial charge >= 0.3 is 0 Å². The van der Waals surface area contributed by atoms with Gasteiger partial charge in [-0.2, -0.15) is 10.2 Å². The minimum atomic E-state index is -0.207. The molecular weight excluding hydrogens is 386 g/mol. The van der Waals surface area contributed by atoms with Gasteiger partial charge in [-0.25, -0.2) is 0 Å². The lowest BCUT2D eigenvalue weighted by atomic mass is 10.1. The number of aromatic nitrogens is 4. The van der Waals surface area contributed by atoms with Crippen LogP contribution in [0.3, 0.4) is 0 Å². The number of carbonyl (C=O) groups is 1. The Morgan fingerprint density at radius 3 is 2.86 bits per heavy atom. The predicted molar refractivity (Wildman–Crippen MR) is 113 cm³/mol. The van der Waals surface area contributed by atoms with E-state index >= 15 is 0 Å². The quantitative estimate of drug-likeness (QED) is 0.489. The van der Waals surface area contributed by atoms with Crippen molar-refractivity contribution in [2.24, 2.45) is 0 Å². The molecule has 2 N–H and O–H groups in total. The summed E-state index contributed by atoms with van der Waals surface area (Å²) in [6, 6.07) is 15.4. The Hall–Kier alpha value is -3.39. The van der Waals surface area contributed by atoms with Crippen molar-refractivity contribution in [2.75, 3.05) is 13.7 Å². The number of nitrogens with one attached hydrogen (secondary N) is 2. The highest BCUT2D eigenvalue weighted by Gasteiger charge is 2.14. The number of methoxy groups -OCH3 is 1. The predicted octanol–water partition coefficient (Wildman–Crippen LogP) is 3.75. The monoisotopic (exact) mass is 407 g/mol. The zero-order valence-electron chi connectivity index (χ0n) is 16.2. The van der Waals surface area contributed by atoms with Crippen LogP contribution < -0.4 is 10.1 Å².